The maximum Gasteiger partial charge on any atom is 0.306 e. The maximum absolute atomic E-state index is 13.5. The third-order valence-corrected chi connectivity index (χ3v) is 5.54. The summed E-state index contributed by atoms with van der Waals surface area (Å²) in [5, 5.41) is 25.6. The Balaban J connectivity index is 1.53. The average Bonchev–Trinajstić information content (AvgIpc) is 3.31. The molecule has 1 aromatic heterocycles. The Morgan fingerprint density at radius 1 is 1.06 bits per heavy atom. The summed E-state index contributed by atoms with van der Waals surface area (Å²) < 4.78 is 13.5. The van der Waals surface area contributed by atoms with Gasteiger partial charge in [-0.05, 0) is 23.3 Å². The fraction of sp³-hybridized carbons (Fsp3) is 0. The predicted octanol–water partition coefficient (Wildman–Crippen LogP) is 6.50. The predicted molar refractivity (Wildman–Crippen MR) is 123 cm³/mol. The molecule has 0 aliphatic carbocycles. The van der Waals surface area contributed by atoms with Crippen molar-refractivity contribution in [1.29, 1.82) is 5.26 Å². The number of halogens is 1. The molecular weight excluding hydrogens is 427 g/mol. The highest BCUT2D eigenvalue weighted by Gasteiger charge is 2.14. The van der Waals surface area contributed by atoms with Crippen molar-refractivity contribution in [2.75, 3.05) is 5.32 Å². The van der Waals surface area contributed by atoms with Crippen molar-refractivity contribution in [1.82, 2.24) is 4.98 Å². The van der Waals surface area contributed by atoms with Gasteiger partial charge in [-0.15, -0.1) is 11.3 Å². The van der Waals surface area contributed by atoms with E-state index in [4.69, 9.17) is 0 Å². The first-order valence-corrected chi connectivity index (χ1v) is 10.4. The van der Waals surface area contributed by atoms with Gasteiger partial charge >= 0.3 is 5.69 Å². The second kappa shape index (κ2) is 9.20. The second-order valence-corrected chi connectivity index (χ2v) is 7.58. The van der Waals surface area contributed by atoms with Crippen LogP contribution in [0.4, 0.5) is 15.8 Å². The van der Waals surface area contributed by atoms with Crippen molar-refractivity contribution >= 4 is 28.3 Å². The molecule has 0 saturated carbocycles. The first-order valence-electron chi connectivity index (χ1n) is 9.47. The number of rotatable bonds is 6. The molecular formula is C24H15FN4O2S. The van der Waals surface area contributed by atoms with Crippen LogP contribution in [-0.2, 0) is 0 Å². The zero-order valence-corrected chi connectivity index (χ0v) is 17.3. The maximum atomic E-state index is 13.5. The van der Waals surface area contributed by atoms with E-state index in [9.17, 15) is 19.8 Å². The third-order valence-electron chi connectivity index (χ3n) is 4.67. The summed E-state index contributed by atoms with van der Waals surface area (Å²) in [4.78, 5) is 14.6. The third kappa shape index (κ3) is 4.53. The largest absolute Gasteiger partial charge is 0.360 e. The molecule has 1 N–H and O–H groups in total. The minimum atomic E-state index is -0.923. The molecule has 6 nitrogen and oxygen atoms in total. The van der Waals surface area contributed by atoms with Crippen molar-refractivity contribution < 1.29 is 9.31 Å². The van der Waals surface area contributed by atoms with Crippen LogP contribution >= 0.6 is 11.3 Å². The number of benzene rings is 3. The van der Waals surface area contributed by atoms with Gasteiger partial charge in [0, 0.05) is 28.9 Å². The number of nitro benzene ring substituents is 1. The highest BCUT2D eigenvalue weighted by atomic mass is 32.1. The van der Waals surface area contributed by atoms with Crippen molar-refractivity contribution in [3.63, 3.8) is 0 Å². The van der Waals surface area contributed by atoms with Crippen molar-refractivity contribution in [2.24, 2.45) is 0 Å². The SMILES string of the molecule is N#CC(=CNc1ccc(F)c([N+](=O)[O-])c1)c1nc(-c2ccc(-c3ccccc3)cc2)cs1. The van der Waals surface area contributed by atoms with Crippen LogP contribution in [0.5, 0.6) is 0 Å². The monoisotopic (exact) mass is 442 g/mol. The summed E-state index contributed by atoms with van der Waals surface area (Å²) in [5.74, 6) is -0.923. The molecule has 0 aliphatic heterocycles. The van der Waals surface area contributed by atoms with E-state index in [0.29, 0.717) is 10.7 Å². The highest BCUT2D eigenvalue weighted by Crippen LogP contribution is 2.29. The topological polar surface area (TPSA) is 91.8 Å². The number of aromatic nitrogens is 1. The average molecular weight is 442 g/mol. The zero-order valence-electron chi connectivity index (χ0n) is 16.5. The summed E-state index contributed by atoms with van der Waals surface area (Å²) in [5.41, 5.74) is 3.79. The Hall–Kier alpha value is -4.35. The minimum Gasteiger partial charge on any atom is -0.360 e. The van der Waals surface area contributed by atoms with Crippen molar-refractivity contribution in [3.05, 3.63) is 105 Å². The Kier molecular flexibility index (Phi) is 6.01. The number of nitriles is 1. The van der Waals surface area contributed by atoms with Crippen LogP contribution in [0, 0.1) is 27.3 Å². The lowest BCUT2D eigenvalue weighted by Crippen LogP contribution is -1.96. The summed E-state index contributed by atoms with van der Waals surface area (Å²) >= 11 is 1.31. The van der Waals surface area contributed by atoms with Gasteiger partial charge in [-0.25, -0.2) is 4.98 Å². The lowest BCUT2D eigenvalue weighted by Gasteiger charge is -2.03. The van der Waals surface area contributed by atoms with Gasteiger partial charge in [0.05, 0.1) is 10.6 Å². The number of hydrogen-bond acceptors (Lipinski definition) is 6. The molecule has 0 aliphatic rings. The summed E-state index contributed by atoms with van der Waals surface area (Å²) in [6, 6.07) is 23.5. The van der Waals surface area contributed by atoms with Gasteiger partial charge in [0.1, 0.15) is 16.6 Å². The zero-order chi connectivity index (χ0) is 22.5. The molecule has 0 atom stereocenters. The molecule has 8 heteroatoms. The molecule has 1 heterocycles. The lowest BCUT2D eigenvalue weighted by molar-refractivity contribution is -0.387. The Morgan fingerprint density at radius 3 is 2.44 bits per heavy atom. The standard InChI is InChI=1S/C24H15FN4O2S/c25-21-11-10-20(12-23(21)29(30)31)27-14-19(13-26)24-28-22(15-32-24)18-8-6-17(7-9-18)16-4-2-1-3-5-16/h1-12,14-15,27H. The molecule has 0 bridgehead atoms. The van der Waals surface area contributed by atoms with Gasteiger partial charge in [-0.2, -0.15) is 9.65 Å². The van der Waals surface area contributed by atoms with Crippen molar-refractivity contribution in [2.45, 2.75) is 0 Å². The molecule has 4 rings (SSSR count). The number of hydrogen-bond donors (Lipinski definition) is 1. The van der Waals surface area contributed by atoms with Gasteiger partial charge in [0.25, 0.3) is 0 Å². The first kappa shape index (κ1) is 20.9. The molecule has 0 saturated heterocycles. The van der Waals surface area contributed by atoms with Crippen LogP contribution in [0.25, 0.3) is 28.0 Å². The van der Waals surface area contributed by atoms with Crippen LogP contribution in [0.15, 0.2) is 84.4 Å². The van der Waals surface area contributed by atoms with E-state index in [1.54, 1.807) is 0 Å². The number of nitro groups is 1. The molecule has 0 fully saturated rings. The Bertz CT molecular complexity index is 1340. The quantitative estimate of drug-likeness (QED) is 0.209. The van der Waals surface area contributed by atoms with E-state index in [2.05, 4.69) is 16.4 Å². The second-order valence-electron chi connectivity index (χ2n) is 6.72. The van der Waals surface area contributed by atoms with Crippen LogP contribution in [0.3, 0.4) is 0 Å². The van der Waals surface area contributed by atoms with E-state index in [-0.39, 0.29) is 5.57 Å². The molecule has 0 spiro atoms. The number of allylic oxidation sites excluding steroid dienone is 1. The number of thiazole rings is 1. The van der Waals surface area contributed by atoms with Gasteiger partial charge in [0.2, 0.25) is 5.82 Å². The van der Waals surface area contributed by atoms with Crippen LogP contribution in [-0.4, -0.2) is 9.91 Å². The Labute approximate surface area is 187 Å². The molecule has 0 radical (unpaired) electrons. The molecule has 32 heavy (non-hydrogen) atoms. The highest BCUT2D eigenvalue weighted by molar-refractivity contribution is 7.11. The fourth-order valence-corrected chi connectivity index (χ4v) is 3.83. The number of anilines is 1. The number of nitrogens with one attached hydrogen (secondary N) is 1. The van der Waals surface area contributed by atoms with Gasteiger partial charge in [-0.3, -0.25) is 10.1 Å². The number of nitrogens with zero attached hydrogens (tertiary/aromatic N) is 3. The first-order chi connectivity index (χ1) is 15.5. The van der Waals surface area contributed by atoms with Crippen LogP contribution in [0.1, 0.15) is 5.01 Å². The Morgan fingerprint density at radius 2 is 1.75 bits per heavy atom. The van der Waals surface area contributed by atoms with E-state index in [0.717, 1.165) is 34.5 Å². The normalized spacial score (nSPS) is 11.1. The summed E-state index contributed by atoms with van der Waals surface area (Å²) in [7, 11) is 0. The molecule has 3 aromatic carbocycles. The van der Waals surface area contributed by atoms with E-state index < -0.39 is 16.4 Å². The van der Waals surface area contributed by atoms with E-state index in [1.165, 1.54) is 23.6 Å². The summed E-state index contributed by atoms with van der Waals surface area (Å²) in [6.07, 6.45) is 1.40. The van der Waals surface area contributed by atoms with Crippen LogP contribution < -0.4 is 5.32 Å². The fourth-order valence-electron chi connectivity index (χ4n) is 3.03. The summed E-state index contributed by atoms with van der Waals surface area (Å²) in [6.45, 7) is 0. The smallest absolute Gasteiger partial charge is 0.306 e. The molecule has 4 aromatic rings. The molecule has 0 unspecified atom stereocenters. The van der Waals surface area contributed by atoms with E-state index in [1.807, 2.05) is 60.0 Å². The van der Waals surface area contributed by atoms with Gasteiger partial charge in [-0.1, -0.05) is 54.6 Å². The molecule has 0 amide bonds. The molecule has 156 valence electrons. The lowest BCUT2D eigenvalue weighted by atomic mass is 10.0. The van der Waals surface area contributed by atoms with E-state index >= 15 is 0 Å². The van der Waals surface area contributed by atoms with Crippen molar-refractivity contribution in [3.8, 4) is 28.5 Å². The van der Waals surface area contributed by atoms with Gasteiger partial charge < -0.3 is 5.32 Å². The van der Waals surface area contributed by atoms with Gasteiger partial charge in [0.15, 0.2) is 0 Å². The van der Waals surface area contributed by atoms with Crippen LogP contribution in [0.2, 0.25) is 0 Å². The minimum absolute atomic E-state index is 0.258.